The first kappa shape index (κ1) is 17.5. The van der Waals surface area contributed by atoms with Crippen molar-refractivity contribution in [1.82, 2.24) is 9.62 Å². The molecule has 1 aromatic carbocycles. The van der Waals surface area contributed by atoms with E-state index in [1.165, 1.54) is 6.07 Å². The average Bonchev–Trinajstić information content (AvgIpc) is 3.07. The van der Waals surface area contributed by atoms with E-state index in [0.29, 0.717) is 17.5 Å². The molecule has 1 aliphatic rings. The van der Waals surface area contributed by atoms with Crippen molar-refractivity contribution in [3.8, 4) is 0 Å². The lowest BCUT2D eigenvalue weighted by Crippen LogP contribution is -2.38. The van der Waals surface area contributed by atoms with Gasteiger partial charge in [-0.25, -0.2) is 13.1 Å². The number of nitrogens with zero attached hydrogens (tertiary/aromatic N) is 1. The zero-order valence-electron chi connectivity index (χ0n) is 13.3. The first-order valence-corrected chi connectivity index (χ1v) is 9.89. The van der Waals surface area contributed by atoms with E-state index >= 15 is 0 Å². The summed E-state index contributed by atoms with van der Waals surface area (Å²) in [5.74, 6) is 1.32. The molecule has 24 heavy (non-hydrogen) atoms. The summed E-state index contributed by atoms with van der Waals surface area (Å²) in [5, 5.41) is 0.420. The van der Waals surface area contributed by atoms with Gasteiger partial charge >= 0.3 is 0 Å². The maximum atomic E-state index is 12.3. The van der Waals surface area contributed by atoms with Crippen LogP contribution in [0.25, 0.3) is 0 Å². The highest BCUT2D eigenvalue weighted by Gasteiger charge is 2.22. The quantitative estimate of drug-likeness (QED) is 0.850. The number of rotatable bonds is 6. The Kier molecular flexibility index (Phi) is 5.61. The van der Waals surface area contributed by atoms with Crippen molar-refractivity contribution in [2.45, 2.75) is 24.3 Å². The van der Waals surface area contributed by atoms with Crippen molar-refractivity contribution in [3.05, 3.63) is 53.4 Å². The van der Waals surface area contributed by atoms with Crippen LogP contribution in [0.15, 0.2) is 52.0 Å². The van der Waals surface area contributed by atoms with E-state index in [-0.39, 0.29) is 4.90 Å². The summed E-state index contributed by atoms with van der Waals surface area (Å²) in [7, 11) is -3.50. The first-order valence-electron chi connectivity index (χ1n) is 8.03. The molecule has 0 saturated carbocycles. The Morgan fingerprint density at radius 1 is 1.21 bits per heavy atom. The van der Waals surface area contributed by atoms with E-state index < -0.39 is 10.0 Å². The Labute approximate surface area is 147 Å². The van der Waals surface area contributed by atoms with Crippen LogP contribution in [0.1, 0.15) is 18.6 Å². The molecule has 0 unspecified atom stereocenters. The SMILES string of the molecule is O=S(=O)(NCC1CCN(Cc2ccco2)CC1)c1cccc(Cl)c1. The molecule has 3 rings (SSSR count). The summed E-state index contributed by atoms with van der Waals surface area (Å²) in [4.78, 5) is 2.55. The highest BCUT2D eigenvalue weighted by atomic mass is 35.5. The second-order valence-electron chi connectivity index (χ2n) is 6.11. The fourth-order valence-electron chi connectivity index (χ4n) is 2.92. The number of hydrogen-bond donors (Lipinski definition) is 1. The smallest absolute Gasteiger partial charge is 0.240 e. The van der Waals surface area contributed by atoms with Gasteiger partial charge in [-0.05, 0) is 62.2 Å². The number of halogens is 1. The second kappa shape index (κ2) is 7.70. The van der Waals surface area contributed by atoms with Gasteiger partial charge in [-0.2, -0.15) is 0 Å². The molecule has 0 amide bonds. The molecular formula is C17H21ClN2O3S. The predicted molar refractivity (Wildman–Crippen MR) is 93.3 cm³/mol. The normalized spacial score (nSPS) is 17.2. The van der Waals surface area contributed by atoms with Gasteiger partial charge in [0.2, 0.25) is 10.0 Å². The topological polar surface area (TPSA) is 62.6 Å². The van der Waals surface area contributed by atoms with E-state index in [1.54, 1.807) is 24.5 Å². The molecule has 1 aliphatic heterocycles. The molecule has 1 N–H and O–H groups in total. The summed E-state index contributed by atoms with van der Waals surface area (Å²) in [6.07, 6.45) is 3.63. The van der Waals surface area contributed by atoms with Gasteiger partial charge in [0.05, 0.1) is 17.7 Å². The first-order chi connectivity index (χ1) is 11.5. The third kappa shape index (κ3) is 4.60. The average molecular weight is 369 g/mol. The molecule has 2 heterocycles. The zero-order chi connectivity index (χ0) is 17.0. The van der Waals surface area contributed by atoms with Gasteiger partial charge in [0.25, 0.3) is 0 Å². The van der Waals surface area contributed by atoms with Crippen molar-refractivity contribution in [2.24, 2.45) is 5.92 Å². The molecule has 0 radical (unpaired) electrons. The lowest BCUT2D eigenvalue weighted by molar-refractivity contribution is 0.168. The van der Waals surface area contributed by atoms with Crippen LogP contribution in [0.4, 0.5) is 0 Å². The molecule has 2 aromatic rings. The number of hydrogen-bond acceptors (Lipinski definition) is 4. The van der Waals surface area contributed by atoms with Crippen molar-refractivity contribution >= 4 is 21.6 Å². The van der Waals surface area contributed by atoms with E-state index in [0.717, 1.165) is 38.2 Å². The molecular weight excluding hydrogens is 348 g/mol. The molecule has 7 heteroatoms. The Morgan fingerprint density at radius 3 is 2.67 bits per heavy atom. The zero-order valence-corrected chi connectivity index (χ0v) is 14.9. The minimum absolute atomic E-state index is 0.213. The summed E-state index contributed by atoms with van der Waals surface area (Å²) >= 11 is 5.87. The van der Waals surface area contributed by atoms with E-state index in [2.05, 4.69) is 9.62 Å². The van der Waals surface area contributed by atoms with Gasteiger partial charge in [0, 0.05) is 11.6 Å². The molecule has 1 aromatic heterocycles. The van der Waals surface area contributed by atoms with Gasteiger partial charge in [-0.1, -0.05) is 17.7 Å². The third-order valence-electron chi connectivity index (χ3n) is 4.34. The van der Waals surface area contributed by atoms with E-state index in [4.69, 9.17) is 16.0 Å². The van der Waals surface area contributed by atoms with Crippen molar-refractivity contribution in [3.63, 3.8) is 0 Å². The Hall–Kier alpha value is -1.34. The Bertz CT molecular complexity index is 754. The van der Waals surface area contributed by atoms with Crippen LogP contribution in [0.3, 0.4) is 0 Å². The van der Waals surface area contributed by atoms with Crippen LogP contribution in [-0.2, 0) is 16.6 Å². The van der Waals surface area contributed by atoms with Gasteiger partial charge in [-0.3, -0.25) is 4.90 Å². The van der Waals surface area contributed by atoms with E-state index in [9.17, 15) is 8.42 Å². The molecule has 130 valence electrons. The van der Waals surface area contributed by atoms with Crippen LogP contribution in [0.5, 0.6) is 0 Å². The number of benzene rings is 1. The van der Waals surface area contributed by atoms with Crippen LogP contribution >= 0.6 is 11.6 Å². The maximum absolute atomic E-state index is 12.3. The Morgan fingerprint density at radius 2 is 2.00 bits per heavy atom. The van der Waals surface area contributed by atoms with Crippen LogP contribution in [-0.4, -0.2) is 33.0 Å². The number of likely N-dealkylation sites (tertiary alicyclic amines) is 1. The predicted octanol–water partition coefficient (Wildman–Crippen LogP) is 3.12. The maximum Gasteiger partial charge on any atom is 0.240 e. The second-order valence-corrected chi connectivity index (χ2v) is 8.31. The van der Waals surface area contributed by atoms with Crippen LogP contribution in [0.2, 0.25) is 5.02 Å². The molecule has 1 saturated heterocycles. The van der Waals surface area contributed by atoms with E-state index in [1.807, 2.05) is 12.1 Å². The number of nitrogens with one attached hydrogen (secondary N) is 1. The van der Waals surface area contributed by atoms with Gasteiger partial charge < -0.3 is 4.42 Å². The fraction of sp³-hybridized carbons (Fsp3) is 0.412. The molecule has 1 fully saturated rings. The molecule has 0 aliphatic carbocycles. The summed E-state index contributed by atoms with van der Waals surface area (Å²) < 4.78 is 32.7. The van der Waals surface area contributed by atoms with Gasteiger partial charge in [-0.15, -0.1) is 0 Å². The fourth-order valence-corrected chi connectivity index (χ4v) is 4.33. The minimum atomic E-state index is -3.50. The van der Waals surface area contributed by atoms with Crippen LogP contribution in [0, 0.1) is 5.92 Å². The number of piperidine rings is 1. The summed E-state index contributed by atoms with van der Waals surface area (Å²) in [6, 6.07) is 10.2. The molecule has 0 atom stereocenters. The molecule has 0 spiro atoms. The van der Waals surface area contributed by atoms with Gasteiger partial charge in [0.15, 0.2) is 0 Å². The largest absolute Gasteiger partial charge is 0.468 e. The summed E-state index contributed by atoms with van der Waals surface area (Å²) in [6.45, 7) is 3.17. The molecule has 5 nitrogen and oxygen atoms in total. The standard InChI is InChI=1S/C17H21ClN2O3S/c18-15-3-1-5-17(11-15)24(21,22)19-12-14-6-8-20(9-7-14)13-16-4-2-10-23-16/h1-5,10-11,14,19H,6-9,12-13H2. The van der Waals surface area contributed by atoms with Crippen molar-refractivity contribution in [1.29, 1.82) is 0 Å². The highest BCUT2D eigenvalue weighted by molar-refractivity contribution is 7.89. The van der Waals surface area contributed by atoms with Crippen molar-refractivity contribution < 1.29 is 12.8 Å². The van der Waals surface area contributed by atoms with Crippen molar-refractivity contribution in [2.75, 3.05) is 19.6 Å². The Balaban J connectivity index is 1.48. The number of furan rings is 1. The minimum Gasteiger partial charge on any atom is -0.468 e. The highest BCUT2D eigenvalue weighted by Crippen LogP contribution is 2.20. The van der Waals surface area contributed by atoms with Gasteiger partial charge in [0.1, 0.15) is 5.76 Å². The molecule has 0 bridgehead atoms. The summed E-state index contributed by atoms with van der Waals surface area (Å²) in [5.41, 5.74) is 0. The number of sulfonamides is 1. The third-order valence-corrected chi connectivity index (χ3v) is 5.99. The van der Waals surface area contributed by atoms with Crippen LogP contribution < -0.4 is 4.72 Å². The monoisotopic (exact) mass is 368 g/mol. The lowest BCUT2D eigenvalue weighted by Gasteiger charge is -2.31. The lowest BCUT2D eigenvalue weighted by atomic mass is 9.97.